The summed E-state index contributed by atoms with van der Waals surface area (Å²) in [5, 5.41) is 14.7. The van der Waals surface area contributed by atoms with E-state index in [1.807, 2.05) is 6.07 Å². The summed E-state index contributed by atoms with van der Waals surface area (Å²) in [5.74, 6) is -0.603. The largest absolute Gasteiger partial charge is 0.352 e. The molecule has 9 heteroatoms. The second kappa shape index (κ2) is 5.80. The van der Waals surface area contributed by atoms with Crippen molar-refractivity contribution in [3.63, 3.8) is 0 Å². The van der Waals surface area contributed by atoms with E-state index in [-0.39, 0.29) is 18.7 Å². The van der Waals surface area contributed by atoms with Gasteiger partial charge in [-0.1, -0.05) is 6.07 Å². The van der Waals surface area contributed by atoms with Crippen molar-refractivity contribution in [1.82, 2.24) is 26.3 Å². The van der Waals surface area contributed by atoms with Crippen molar-refractivity contribution >= 4 is 28.9 Å². The molecule has 1 aliphatic heterocycles. The van der Waals surface area contributed by atoms with Gasteiger partial charge in [-0.05, 0) is 34.4 Å². The number of aromatic nitrogens is 2. The van der Waals surface area contributed by atoms with Crippen LogP contribution in [0.15, 0.2) is 22.8 Å². The number of carbonyl (C=O) groups excluding carboxylic acids is 3. The van der Waals surface area contributed by atoms with Gasteiger partial charge in [0, 0.05) is 13.0 Å². The minimum atomic E-state index is -0.643. The molecule has 1 aromatic carbocycles. The van der Waals surface area contributed by atoms with Crippen LogP contribution in [0.25, 0.3) is 11.0 Å². The van der Waals surface area contributed by atoms with Gasteiger partial charge in [0.15, 0.2) is 0 Å². The van der Waals surface area contributed by atoms with Crippen LogP contribution in [0.4, 0.5) is 4.79 Å². The van der Waals surface area contributed by atoms with Crippen LogP contribution in [-0.4, -0.2) is 34.2 Å². The Kier molecular flexibility index (Phi) is 3.69. The number of imide groups is 1. The van der Waals surface area contributed by atoms with E-state index in [1.54, 1.807) is 12.1 Å². The molecule has 22 heavy (non-hydrogen) atoms. The Morgan fingerprint density at radius 1 is 1.27 bits per heavy atom. The number of urea groups is 1. The van der Waals surface area contributed by atoms with Gasteiger partial charge in [-0.3, -0.25) is 14.9 Å². The lowest BCUT2D eigenvalue weighted by atomic mass is 10.1. The maximum absolute atomic E-state index is 11.8. The molecule has 0 aliphatic carbocycles. The molecule has 1 atom stereocenters. The molecule has 9 nitrogen and oxygen atoms in total. The van der Waals surface area contributed by atoms with E-state index < -0.39 is 18.0 Å². The van der Waals surface area contributed by atoms with Gasteiger partial charge in [-0.2, -0.15) is 0 Å². The van der Waals surface area contributed by atoms with Gasteiger partial charge >= 0.3 is 6.03 Å². The monoisotopic (exact) mass is 303 g/mol. The zero-order chi connectivity index (χ0) is 15.5. The summed E-state index contributed by atoms with van der Waals surface area (Å²) in [6, 6.07) is 4.18. The fraction of sp³-hybridized carbons (Fsp3) is 0.308. The second-order valence-corrected chi connectivity index (χ2v) is 4.92. The van der Waals surface area contributed by atoms with Crippen LogP contribution < -0.4 is 16.0 Å². The number of amides is 4. The molecular formula is C13H13N5O4. The minimum absolute atomic E-state index is 0.145. The van der Waals surface area contributed by atoms with Crippen LogP contribution in [0, 0.1) is 0 Å². The molecule has 3 rings (SSSR count). The summed E-state index contributed by atoms with van der Waals surface area (Å²) in [5.41, 5.74) is 2.14. The van der Waals surface area contributed by atoms with Gasteiger partial charge in [0.1, 0.15) is 17.1 Å². The zero-order valence-electron chi connectivity index (χ0n) is 11.5. The standard InChI is InChI=1S/C13H13N5O4/c19-11(4-3-9-12(20)16-13(21)15-9)14-6-7-1-2-8-10(5-7)18-22-17-8/h1-2,5,9H,3-4,6H2,(H,14,19)(H2,15,16,20,21)/t9-/m1/s1. The molecule has 1 aromatic heterocycles. The molecule has 1 aliphatic rings. The van der Waals surface area contributed by atoms with E-state index in [0.29, 0.717) is 17.6 Å². The lowest BCUT2D eigenvalue weighted by molar-refractivity contribution is -0.122. The predicted octanol–water partition coefficient (Wildman–Crippen LogP) is -0.173. The van der Waals surface area contributed by atoms with Crippen molar-refractivity contribution in [2.75, 3.05) is 0 Å². The van der Waals surface area contributed by atoms with Crippen molar-refractivity contribution in [1.29, 1.82) is 0 Å². The lowest BCUT2D eigenvalue weighted by Crippen LogP contribution is -2.31. The van der Waals surface area contributed by atoms with E-state index in [9.17, 15) is 14.4 Å². The smallest absolute Gasteiger partial charge is 0.322 e. The summed E-state index contributed by atoms with van der Waals surface area (Å²) >= 11 is 0. The van der Waals surface area contributed by atoms with Crippen LogP contribution >= 0.6 is 0 Å². The number of carbonyl (C=O) groups is 3. The van der Waals surface area contributed by atoms with Crippen molar-refractivity contribution in [3.05, 3.63) is 23.8 Å². The number of hydrogen-bond acceptors (Lipinski definition) is 6. The van der Waals surface area contributed by atoms with Crippen LogP contribution in [0.5, 0.6) is 0 Å². The molecule has 0 saturated carbocycles. The highest BCUT2D eigenvalue weighted by Gasteiger charge is 2.29. The van der Waals surface area contributed by atoms with Crippen LogP contribution in [0.1, 0.15) is 18.4 Å². The number of nitrogens with one attached hydrogen (secondary N) is 3. The van der Waals surface area contributed by atoms with E-state index in [2.05, 4.69) is 30.9 Å². The average Bonchev–Trinajstić information content (AvgIpc) is 3.08. The van der Waals surface area contributed by atoms with Gasteiger partial charge in [0.05, 0.1) is 0 Å². The van der Waals surface area contributed by atoms with Gasteiger partial charge in [0.2, 0.25) is 5.91 Å². The summed E-state index contributed by atoms with van der Waals surface area (Å²) in [6.45, 7) is 0.338. The number of benzene rings is 1. The molecule has 0 radical (unpaired) electrons. The summed E-state index contributed by atoms with van der Waals surface area (Å²) in [4.78, 5) is 34.0. The normalized spacial score (nSPS) is 17.4. The van der Waals surface area contributed by atoms with Gasteiger partial charge in [0.25, 0.3) is 5.91 Å². The molecular weight excluding hydrogens is 290 g/mol. The fourth-order valence-electron chi connectivity index (χ4n) is 2.16. The fourth-order valence-corrected chi connectivity index (χ4v) is 2.16. The van der Waals surface area contributed by atoms with Crippen molar-refractivity contribution in [2.24, 2.45) is 0 Å². The first-order valence-corrected chi connectivity index (χ1v) is 6.71. The average molecular weight is 303 g/mol. The molecule has 0 bridgehead atoms. The number of hydrogen-bond donors (Lipinski definition) is 3. The highest BCUT2D eigenvalue weighted by Crippen LogP contribution is 2.11. The zero-order valence-corrected chi connectivity index (χ0v) is 11.5. The summed E-state index contributed by atoms with van der Waals surface area (Å²) in [7, 11) is 0. The first-order chi connectivity index (χ1) is 10.6. The number of nitrogens with zero attached hydrogens (tertiary/aromatic N) is 2. The van der Waals surface area contributed by atoms with E-state index in [1.165, 1.54) is 0 Å². The number of fused-ring (bicyclic) bond motifs is 1. The van der Waals surface area contributed by atoms with Gasteiger partial charge in [-0.25, -0.2) is 9.42 Å². The predicted molar refractivity (Wildman–Crippen MR) is 73.3 cm³/mol. The molecule has 0 unspecified atom stereocenters. The molecule has 3 N–H and O–H groups in total. The SMILES string of the molecule is O=C(CC[C@H]1NC(=O)NC1=O)NCc1ccc2nonc2c1. The maximum Gasteiger partial charge on any atom is 0.322 e. The number of rotatable bonds is 5. The Morgan fingerprint density at radius 2 is 2.09 bits per heavy atom. The van der Waals surface area contributed by atoms with Crippen molar-refractivity contribution < 1.29 is 19.0 Å². The van der Waals surface area contributed by atoms with Crippen LogP contribution in [-0.2, 0) is 16.1 Å². The first kappa shape index (κ1) is 14.0. The molecule has 4 amide bonds. The third kappa shape index (κ3) is 3.03. The topological polar surface area (TPSA) is 126 Å². The molecule has 1 fully saturated rings. The Hall–Kier alpha value is -2.97. The molecule has 2 aromatic rings. The minimum Gasteiger partial charge on any atom is -0.352 e. The molecule has 1 saturated heterocycles. The highest BCUT2D eigenvalue weighted by molar-refractivity contribution is 6.04. The molecule has 0 spiro atoms. The van der Waals surface area contributed by atoms with E-state index >= 15 is 0 Å². The molecule has 2 heterocycles. The maximum atomic E-state index is 11.8. The van der Waals surface area contributed by atoms with Gasteiger partial charge < -0.3 is 10.6 Å². The highest BCUT2D eigenvalue weighted by atomic mass is 16.6. The third-order valence-corrected chi connectivity index (χ3v) is 3.33. The summed E-state index contributed by atoms with van der Waals surface area (Å²) in [6.07, 6.45) is 0.405. The lowest BCUT2D eigenvalue weighted by Gasteiger charge is -2.08. The van der Waals surface area contributed by atoms with Crippen molar-refractivity contribution in [3.8, 4) is 0 Å². The van der Waals surface area contributed by atoms with E-state index in [0.717, 1.165) is 5.56 Å². The Labute approximate surface area is 124 Å². The van der Waals surface area contributed by atoms with Crippen LogP contribution in [0.3, 0.4) is 0 Å². The first-order valence-electron chi connectivity index (χ1n) is 6.71. The quantitative estimate of drug-likeness (QED) is 0.658. The second-order valence-electron chi connectivity index (χ2n) is 4.92. The van der Waals surface area contributed by atoms with Crippen LogP contribution in [0.2, 0.25) is 0 Å². The molecule has 114 valence electrons. The van der Waals surface area contributed by atoms with Crippen molar-refractivity contribution in [2.45, 2.75) is 25.4 Å². The summed E-state index contributed by atoms with van der Waals surface area (Å²) < 4.78 is 4.60. The third-order valence-electron chi connectivity index (χ3n) is 3.33. The van der Waals surface area contributed by atoms with E-state index in [4.69, 9.17) is 0 Å². The van der Waals surface area contributed by atoms with Gasteiger partial charge in [-0.15, -0.1) is 0 Å². The Bertz CT molecular complexity index is 741. The Balaban J connectivity index is 1.47. The Morgan fingerprint density at radius 3 is 2.86 bits per heavy atom.